The molecule has 3 aromatic rings. The zero-order valence-electron chi connectivity index (χ0n) is 18.4. The summed E-state index contributed by atoms with van der Waals surface area (Å²) in [6, 6.07) is 14.4. The van der Waals surface area contributed by atoms with Crippen LogP contribution < -0.4 is 15.6 Å². The van der Waals surface area contributed by atoms with Crippen molar-refractivity contribution in [1.82, 2.24) is 15.3 Å². The largest absolute Gasteiger partial charge is 0.497 e. The van der Waals surface area contributed by atoms with Crippen LogP contribution in [-0.2, 0) is 4.79 Å². The minimum atomic E-state index is -0.576. The third kappa shape index (κ3) is 5.99. The van der Waals surface area contributed by atoms with E-state index in [1.165, 1.54) is 12.1 Å². The van der Waals surface area contributed by atoms with Gasteiger partial charge in [0.2, 0.25) is 5.91 Å². The molecular weight excluding hydrogens is 443 g/mol. The Kier molecular flexibility index (Phi) is 7.85. The molecule has 0 bridgehead atoms. The molecule has 33 heavy (non-hydrogen) atoms. The summed E-state index contributed by atoms with van der Waals surface area (Å²) in [7, 11) is 1.54. The van der Waals surface area contributed by atoms with Gasteiger partial charge in [0.25, 0.3) is 5.56 Å². The van der Waals surface area contributed by atoms with E-state index in [2.05, 4.69) is 15.3 Å². The first-order chi connectivity index (χ1) is 15.8. The molecule has 1 aromatic heterocycles. The van der Waals surface area contributed by atoms with Gasteiger partial charge >= 0.3 is 0 Å². The number of hydrogen-bond donors (Lipinski definition) is 2. The van der Waals surface area contributed by atoms with Crippen molar-refractivity contribution in [2.75, 3.05) is 12.9 Å². The number of aromatic nitrogens is 2. The molecule has 0 aliphatic carbocycles. The number of hydrogen-bond acceptors (Lipinski definition) is 6. The lowest BCUT2D eigenvalue weighted by atomic mass is 9.96. The van der Waals surface area contributed by atoms with Gasteiger partial charge in [-0.1, -0.05) is 37.7 Å². The molecule has 1 atom stereocenters. The van der Waals surface area contributed by atoms with Gasteiger partial charge in [-0.2, -0.15) is 5.26 Å². The zero-order chi connectivity index (χ0) is 24.0. The van der Waals surface area contributed by atoms with Gasteiger partial charge in [-0.25, -0.2) is 9.37 Å². The predicted molar refractivity (Wildman–Crippen MR) is 124 cm³/mol. The first-order valence-electron chi connectivity index (χ1n) is 10.2. The molecule has 2 N–H and O–H groups in total. The molecule has 1 amide bonds. The number of nitrogens with one attached hydrogen (secondary N) is 2. The molecule has 1 unspecified atom stereocenters. The monoisotopic (exact) mass is 466 g/mol. The summed E-state index contributed by atoms with van der Waals surface area (Å²) in [5, 5.41) is 12.6. The van der Waals surface area contributed by atoms with E-state index >= 15 is 0 Å². The molecule has 2 aromatic carbocycles. The van der Waals surface area contributed by atoms with Crippen LogP contribution in [0.25, 0.3) is 11.3 Å². The number of ether oxygens (including phenoxy) is 1. The van der Waals surface area contributed by atoms with Crippen LogP contribution in [0, 0.1) is 23.1 Å². The van der Waals surface area contributed by atoms with E-state index in [9.17, 15) is 19.2 Å². The number of H-pyrrole nitrogens is 1. The van der Waals surface area contributed by atoms with Crippen molar-refractivity contribution < 1.29 is 13.9 Å². The van der Waals surface area contributed by atoms with Crippen LogP contribution in [0.2, 0.25) is 0 Å². The Balaban J connectivity index is 1.77. The number of rotatable bonds is 8. The van der Waals surface area contributed by atoms with Crippen molar-refractivity contribution in [1.29, 1.82) is 5.26 Å². The molecule has 0 aliphatic rings. The van der Waals surface area contributed by atoms with Crippen molar-refractivity contribution in [2.24, 2.45) is 5.92 Å². The van der Waals surface area contributed by atoms with Crippen LogP contribution in [0.15, 0.2) is 58.5 Å². The maximum absolute atomic E-state index is 13.2. The number of methoxy groups -OCH3 is 1. The average molecular weight is 467 g/mol. The van der Waals surface area contributed by atoms with Gasteiger partial charge in [-0.3, -0.25) is 9.59 Å². The fourth-order valence-corrected chi connectivity index (χ4v) is 3.91. The normalized spacial score (nSPS) is 11.6. The summed E-state index contributed by atoms with van der Waals surface area (Å²) < 4.78 is 18.4. The highest BCUT2D eigenvalue weighted by Gasteiger charge is 2.19. The first kappa shape index (κ1) is 24.0. The SMILES string of the molecule is COc1ccc(-c2nc(SCC(=O)NC(c3ccc(F)cc3)C(C)C)[nH]c(=O)c2C#N)cc1. The van der Waals surface area contributed by atoms with Crippen molar-refractivity contribution >= 4 is 17.7 Å². The number of thioether (sulfide) groups is 1. The standard InChI is InChI=1S/C24H23FN4O3S/c1-14(2)21(15-4-8-17(25)9-5-15)27-20(30)13-33-24-28-22(19(12-26)23(31)29-24)16-6-10-18(32-3)11-7-16/h4-11,14,21H,13H2,1-3H3,(H,27,30)(H,28,29,31). The molecule has 170 valence electrons. The summed E-state index contributed by atoms with van der Waals surface area (Å²) in [6.45, 7) is 3.92. The second kappa shape index (κ2) is 10.8. The van der Waals surface area contributed by atoms with Gasteiger partial charge < -0.3 is 15.0 Å². The van der Waals surface area contributed by atoms with E-state index in [1.54, 1.807) is 43.5 Å². The summed E-state index contributed by atoms with van der Waals surface area (Å²) in [5.41, 5.74) is 0.938. The van der Waals surface area contributed by atoms with Crippen molar-refractivity contribution in [3.8, 4) is 23.1 Å². The molecule has 3 rings (SSSR count). The molecule has 0 spiro atoms. The number of carbonyl (C=O) groups excluding carboxylic acids is 1. The average Bonchev–Trinajstić information content (AvgIpc) is 2.81. The second-order valence-electron chi connectivity index (χ2n) is 7.56. The molecule has 0 radical (unpaired) electrons. The summed E-state index contributed by atoms with van der Waals surface area (Å²) in [5.74, 6) is 0.113. The van der Waals surface area contributed by atoms with Crippen molar-refractivity contribution in [3.63, 3.8) is 0 Å². The Morgan fingerprint density at radius 3 is 2.45 bits per heavy atom. The number of aromatic amines is 1. The highest BCUT2D eigenvalue weighted by molar-refractivity contribution is 7.99. The second-order valence-corrected chi connectivity index (χ2v) is 8.53. The third-order valence-electron chi connectivity index (χ3n) is 4.93. The zero-order valence-corrected chi connectivity index (χ0v) is 19.2. The number of amides is 1. The minimum absolute atomic E-state index is 0.00130. The number of carbonyl (C=O) groups is 1. The van der Waals surface area contributed by atoms with Crippen LogP contribution in [0.3, 0.4) is 0 Å². The Bertz CT molecular complexity index is 1220. The lowest BCUT2D eigenvalue weighted by Gasteiger charge is -2.23. The molecule has 0 aliphatic heterocycles. The van der Waals surface area contributed by atoms with E-state index in [0.29, 0.717) is 11.3 Å². The van der Waals surface area contributed by atoms with Gasteiger partial charge in [0.05, 0.1) is 24.6 Å². The van der Waals surface area contributed by atoms with Gasteiger partial charge in [-0.05, 0) is 47.9 Å². The molecule has 0 saturated carbocycles. The van der Waals surface area contributed by atoms with E-state index in [-0.39, 0.29) is 45.9 Å². The molecular formula is C24H23FN4O3S. The Hall–Kier alpha value is -3.64. The van der Waals surface area contributed by atoms with E-state index in [1.807, 2.05) is 19.9 Å². The van der Waals surface area contributed by atoms with Crippen LogP contribution >= 0.6 is 11.8 Å². The van der Waals surface area contributed by atoms with Gasteiger partial charge in [0.15, 0.2) is 5.16 Å². The number of nitrogens with zero attached hydrogens (tertiary/aromatic N) is 2. The molecule has 9 heteroatoms. The van der Waals surface area contributed by atoms with E-state index in [0.717, 1.165) is 17.3 Å². The van der Waals surface area contributed by atoms with Crippen LogP contribution in [-0.4, -0.2) is 28.7 Å². The van der Waals surface area contributed by atoms with E-state index in [4.69, 9.17) is 4.74 Å². The highest BCUT2D eigenvalue weighted by atomic mass is 32.2. The smallest absolute Gasteiger partial charge is 0.270 e. The molecule has 0 fully saturated rings. The van der Waals surface area contributed by atoms with Crippen LogP contribution in [0.4, 0.5) is 4.39 Å². The molecule has 1 heterocycles. The Morgan fingerprint density at radius 2 is 1.88 bits per heavy atom. The fraction of sp³-hybridized carbons (Fsp3) is 0.250. The summed E-state index contributed by atoms with van der Waals surface area (Å²) in [6.07, 6.45) is 0. The van der Waals surface area contributed by atoms with Crippen molar-refractivity contribution in [3.05, 3.63) is 75.8 Å². The molecule has 0 saturated heterocycles. The maximum Gasteiger partial charge on any atom is 0.270 e. The lowest BCUT2D eigenvalue weighted by molar-refractivity contribution is -0.119. The predicted octanol–water partition coefficient (Wildman–Crippen LogP) is 4.06. The Morgan fingerprint density at radius 1 is 1.21 bits per heavy atom. The maximum atomic E-state index is 13.2. The first-order valence-corrected chi connectivity index (χ1v) is 11.2. The molecule has 7 nitrogen and oxygen atoms in total. The summed E-state index contributed by atoms with van der Waals surface area (Å²) >= 11 is 1.06. The number of nitriles is 1. The van der Waals surface area contributed by atoms with Crippen molar-refractivity contribution in [2.45, 2.75) is 25.0 Å². The Labute approximate surface area is 195 Å². The topological polar surface area (TPSA) is 108 Å². The van der Waals surface area contributed by atoms with E-state index < -0.39 is 5.56 Å². The quantitative estimate of drug-likeness (QED) is 0.383. The van der Waals surface area contributed by atoms with Gasteiger partial charge in [0.1, 0.15) is 23.2 Å². The summed E-state index contributed by atoms with van der Waals surface area (Å²) in [4.78, 5) is 32.0. The number of benzene rings is 2. The van der Waals surface area contributed by atoms with Crippen LogP contribution in [0.1, 0.15) is 31.0 Å². The van der Waals surface area contributed by atoms with Gasteiger partial charge in [0, 0.05) is 5.56 Å². The lowest BCUT2D eigenvalue weighted by Crippen LogP contribution is -2.33. The third-order valence-corrected chi connectivity index (χ3v) is 5.80. The van der Waals surface area contributed by atoms with Crippen LogP contribution in [0.5, 0.6) is 5.75 Å². The minimum Gasteiger partial charge on any atom is -0.497 e. The highest BCUT2D eigenvalue weighted by Crippen LogP contribution is 2.25. The fourth-order valence-electron chi connectivity index (χ4n) is 3.24. The number of halogens is 1. The van der Waals surface area contributed by atoms with Gasteiger partial charge in [-0.15, -0.1) is 0 Å².